The molecule has 0 saturated heterocycles. The van der Waals surface area contributed by atoms with Gasteiger partial charge in [-0.05, 0) is 28.4 Å². The summed E-state index contributed by atoms with van der Waals surface area (Å²) in [5.41, 5.74) is 0. The van der Waals surface area contributed by atoms with Gasteiger partial charge in [-0.2, -0.15) is 0 Å². The summed E-state index contributed by atoms with van der Waals surface area (Å²) in [6.07, 6.45) is 0.572. The number of hydrogen-bond donors (Lipinski definition) is 0. The van der Waals surface area contributed by atoms with Crippen LogP contribution in [-0.2, 0) is 11.2 Å². The van der Waals surface area contributed by atoms with Crippen molar-refractivity contribution in [2.45, 2.75) is 6.42 Å². The summed E-state index contributed by atoms with van der Waals surface area (Å²) in [4.78, 5) is 13.9. The maximum atomic E-state index is 11.0. The summed E-state index contributed by atoms with van der Waals surface area (Å²) in [7, 11) is 3.12. The molecule has 3 nitrogen and oxygen atoms in total. The van der Waals surface area contributed by atoms with Crippen molar-refractivity contribution in [2.24, 2.45) is 0 Å². The lowest BCUT2D eigenvalue weighted by Crippen LogP contribution is -2.28. The van der Waals surface area contributed by atoms with Crippen LogP contribution in [-0.4, -0.2) is 31.7 Å². The second-order valence-corrected chi connectivity index (χ2v) is 4.78. The van der Waals surface area contributed by atoms with E-state index in [4.69, 9.17) is 0 Å². The van der Waals surface area contributed by atoms with Crippen molar-refractivity contribution in [3.8, 4) is 0 Å². The van der Waals surface area contributed by atoms with Gasteiger partial charge in [-0.1, -0.05) is 0 Å². The normalized spacial score (nSPS) is 9.93. The van der Waals surface area contributed by atoms with Gasteiger partial charge in [0, 0.05) is 28.3 Å². The number of methoxy groups -OCH3 is 1. The molecule has 0 N–H and O–H groups in total. The number of rotatable bonds is 3. The molecule has 0 aromatic carbocycles. The first-order chi connectivity index (χ1) is 6.63. The number of ether oxygens (including phenoxy) is 1. The van der Waals surface area contributed by atoms with E-state index in [0.29, 0.717) is 6.54 Å². The minimum Gasteiger partial charge on any atom is -0.453 e. The van der Waals surface area contributed by atoms with E-state index >= 15 is 0 Å². The molecule has 1 heterocycles. The number of hydrogen-bond acceptors (Lipinski definition) is 3. The highest BCUT2D eigenvalue weighted by Crippen LogP contribution is 2.20. The van der Waals surface area contributed by atoms with Crippen LogP contribution in [0.25, 0.3) is 0 Å². The van der Waals surface area contributed by atoms with Crippen molar-refractivity contribution in [3.63, 3.8) is 0 Å². The Labute approximate surface area is 95.8 Å². The zero-order valence-electron chi connectivity index (χ0n) is 8.12. The van der Waals surface area contributed by atoms with Crippen LogP contribution in [0.5, 0.6) is 0 Å². The number of nitrogens with zero attached hydrogens (tertiary/aromatic N) is 1. The molecule has 1 amide bonds. The van der Waals surface area contributed by atoms with Crippen LogP contribution < -0.4 is 0 Å². The molecule has 5 heteroatoms. The molecular formula is C9H12BrNO2S. The van der Waals surface area contributed by atoms with Crippen molar-refractivity contribution in [3.05, 3.63) is 20.8 Å². The molecule has 1 aromatic heterocycles. The molecule has 78 valence electrons. The number of likely N-dealkylation sites (N-methyl/N-ethyl adjacent to an activating group) is 1. The van der Waals surface area contributed by atoms with Crippen LogP contribution in [0.1, 0.15) is 4.88 Å². The van der Waals surface area contributed by atoms with Gasteiger partial charge >= 0.3 is 6.09 Å². The second kappa shape index (κ2) is 5.36. The Morgan fingerprint density at radius 1 is 1.71 bits per heavy atom. The quantitative estimate of drug-likeness (QED) is 0.850. The minimum absolute atomic E-state index is 0.291. The Morgan fingerprint density at radius 2 is 2.43 bits per heavy atom. The van der Waals surface area contributed by atoms with Gasteiger partial charge in [-0.15, -0.1) is 11.3 Å². The largest absolute Gasteiger partial charge is 0.453 e. The lowest BCUT2D eigenvalue weighted by atomic mass is 10.3. The van der Waals surface area contributed by atoms with Gasteiger partial charge in [0.2, 0.25) is 0 Å². The maximum Gasteiger partial charge on any atom is 0.409 e. The third-order valence-electron chi connectivity index (χ3n) is 1.80. The zero-order chi connectivity index (χ0) is 10.6. The number of halogens is 1. The van der Waals surface area contributed by atoms with Gasteiger partial charge in [-0.3, -0.25) is 0 Å². The third kappa shape index (κ3) is 3.31. The lowest BCUT2D eigenvalue weighted by molar-refractivity contribution is 0.134. The van der Waals surface area contributed by atoms with E-state index in [-0.39, 0.29) is 6.09 Å². The topological polar surface area (TPSA) is 29.5 Å². The highest BCUT2D eigenvalue weighted by molar-refractivity contribution is 9.10. The summed E-state index contributed by atoms with van der Waals surface area (Å²) in [6, 6.07) is 2.07. The first-order valence-corrected chi connectivity index (χ1v) is 5.82. The van der Waals surface area contributed by atoms with Gasteiger partial charge in [0.05, 0.1) is 7.11 Å². The third-order valence-corrected chi connectivity index (χ3v) is 3.56. The molecule has 0 spiro atoms. The van der Waals surface area contributed by atoms with Gasteiger partial charge in [-0.25, -0.2) is 4.79 Å². The molecule has 0 aliphatic carbocycles. The van der Waals surface area contributed by atoms with Gasteiger partial charge < -0.3 is 9.64 Å². The highest BCUT2D eigenvalue weighted by atomic mass is 79.9. The molecule has 0 saturated carbocycles. The van der Waals surface area contributed by atoms with Crippen LogP contribution in [0.15, 0.2) is 15.9 Å². The van der Waals surface area contributed by atoms with Crippen LogP contribution >= 0.6 is 27.3 Å². The van der Waals surface area contributed by atoms with E-state index in [9.17, 15) is 4.79 Å². The molecule has 14 heavy (non-hydrogen) atoms. The van der Waals surface area contributed by atoms with Crippen molar-refractivity contribution in [1.82, 2.24) is 4.90 Å². The van der Waals surface area contributed by atoms with Crippen molar-refractivity contribution in [2.75, 3.05) is 20.7 Å². The van der Waals surface area contributed by atoms with E-state index in [0.717, 1.165) is 10.9 Å². The Balaban J connectivity index is 2.37. The Morgan fingerprint density at radius 3 is 2.93 bits per heavy atom. The van der Waals surface area contributed by atoms with E-state index in [1.165, 1.54) is 12.0 Å². The molecule has 0 unspecified atom stereocenters. The van der Waals surface area contributed by atoms with Gasteiger partial charge in [0.15, 0.2) is 0 Å². The van der Waals surface area contributed by atoms with Crippen molar-refractivity contribution in [1.29, 1.82) is 0 Å². The molecule has 0 aliphatic heterocycles. The fourth-order valence-corrected chi connectivity index (χ4v) is 2.45. The molecule has 0 fully saturated rings. The minimum atomic E-state index is -0.291. The van der Waals surface area contributed by atoms with Crippen LogP contribution in [0.2, 0.25) is 0 Å². The molecule has 0 bridgehead atoms. The Bertz CT molecular complexity index is 314. The summed E-state index contributed by atoms with van der Waals surface area (Å²) in [5.74, 6) is 0. The highest BCUT2D eigenvalue weighted by Gasteiger charge is 2.07. The fourth-order valence-electron chi connectivity index (χ4n) is 1.01. The average molecular weight is 278 g/mol. The summed E-state index contributed by atoms with van der Waals surface area (Å²) in [6.45, 7) is 0.680. The molecule has 1 rings (SSSR count). The molecule has 0 atom stereocenters. The zero-order valence-corrected chi connectivity index (χ0v) is 10.5. The Hall–Kier alpha value is -0.550. The number of carbonyl (C=O) groups is 1. The first-order valence-electron chi connectivity index (χ1n) is 4.15. The van der Waals surface area contributed by atoms with Crippen molar-refractivity contribution >= 4 is 33.4 Å². The lowest BCUT2D eigenvalue weighted by Gasteiger charge is -2.14. The first kappa shape index (κ1) is 11.5. The maximum absolute atomic E-state index is 11.0. The van der Waals surface area contributed by atoms with Crippen LogP contribution in [0.3, 0.4) is 0 Å². The molecule has 0 aliphatic rings. The number of thiophene rings is 1. The molecule has 1 aromatic rings. The van der Waals surface area contributed by atoms with E-state index < -0.39 is 0 Å². The molecule has 0 radical (unpaired) electrons. The van der Waals surface area contributed by atoms with Gasteiger partial charge in [0.1, 0.15) is 0 Å². The van der Waals surface area contributed by atoms with Crippen LogP contribution in [0, 0.1) is 0 Å². The van der Waals surface area contributed by atoms with Crippen LogP contribution in [0.4, 0.5) is 4.79 Å². The number of amides is 1. The number of carbonyl (C=O) groups excluding carboxylic acids is 1. The van der Waals surface area contributed by atoms with Gasteiger partial charge in [0.25, 0.3) is 0 Å². The Kier molecular flexibility index (Phi) is 4.41. The second-order valence-electron chi connectivity index (χ2n) is 2.87. The summed E-state index contributed by atoms with van der Waals surface area (Å²) < 4.78 is 5.68. The van der Waals surface area contributed by atoms with E-state index in [2.05, 4.69) is 26.7 Å². The standard InChI is InChI=1S/C9H12BrNO2S/c1-11(9(12)13-2)4-3-8-5-7(10)6-14-8/h5-6H,3-4H2,1-2H3. The summed E-state index contributed by atoms with van der Waals surface area (Å²) >= 11 is 5.07. The molecular weight excluding hydrogens is 266 g/mol. The summed E-state index contributed by atoms with van der Waals surface area (Å²) in [5, 5.41) is 2.04. The van der Waals surface area contributed by atoms with Crippen molar-refractivity contribution < 1.29 is 9.53 Å². The monoisotopic (exact) mass is 277 g/mol. The van der Waals surface area contributed by atoms with E-state index in [1.54, 1.807) is 23.3 Å². The van der Waals surface area contributed by atoms with E-state index in [1.807, 2.05) is 5.38 Å². The average Bonchev–Trinajstić information content (AvgIpc) is 2.59. The predicted molar refractivity (Wildman–Crippen MR) is 60.8 cm³/mol. The SMILES string of the molecule is COC(=O)N(C)CCc1cc(Br)cs1. The predicted octanol–water partition coefficient (Wildman–Crippen LogP) is 2.75. The fraction of sp³-hybridized carbons (Fsp3) is 0.444. The smallest absolute Gasteiger partial charge is 0.409 e.